The van der Waals surface area contributed by atoms with Crippen LogP contribution in [0.4, 0.5) is 0 Å². The number of hydrogen-bond acceptors (Lipinski definition) is 6. The summed E-state index contributed by atoms with van der Waals surface area (Å²) in [5, 5.41) is 0. The first-order valence-corrected chi connectivity index (χ1v) is 7.97. The Bertz CT molecular complexity index is 613. The normalized spacial score (nSPS) is 13.8. The minimum atomic E-state index is -3.64. The number of rotatable bonds is 6. The van der Waals surface area contributed by atoms with E-state index in [1.807, 2.05) is 0 Å². The molecule has 2 rings (SSSR count). The molecular formula is C13H17NO6S. The predicted octanol–water partition coefficient (Wildman–Crippen LogP) is 0.689. The lowest BCUT2D eigenvalue weighted by Crippen LogP contribution is -2.25. The molecule has 0 amide bonds. The molecule has 1 heterocycles. The third-order valence-corrected chi connectivity index (χ3v) is 4.36. The van der Waals surface area contributed by atoms with Gasteiger partial charge in [0.1, 0.15) is 13.2 Å². The number of methoxy groups -OCH3 is 1. The molecule has 0 saturated heterocycles. The highest BCUT2D eigenvalue weighted by Gasteiger charge is 2.19. The first-order chi connectivity index (χ1) is 10.0. The van der Waals surface area contributed by atoms with Crippen LogP contribution in [0.1, 0.15) is 12.8 Å². The molecule has 0 aliphatic carbocycles. The van der Waals surface area contributed by atoms with Crippen molar-refractivity contribution in [2.75, 3.05) is 26.9 Å². The minimum absolute atomic E-state index is 0.102. The fourth-order valence-electron chi connectivity index (χ4n) is 1.82. The van der Waals surface area contributed by atoms with Crippen molar-refractivity contribution in [3.8, 4) is 11.5 Å². The lowest BCUT2D eigenvalue weighted by atomic mass is 10.3. The second-order valence-electron chi connectivity index (χ2n) is 4.38. The standard InChI is InChI=1S/C13H17NO6S/c1-18-13(15)3-2-6-14-21(16,17)10-4-5-11-12(9-10)20-8-7-19-11/h4-5,9,14H,2-3,6-8H2,1H3. The van der Waals surface area contributed by atoms with E-state index >= 15 is 0 Å². The van der Waals surface area contributed by atoms with Crippen LogP contribution < -0.4 is 14.2 Å². The van der Waals surface area contributed by atoms with E-state index in [0.29, 0.717) is 31.1 Å². The van der Waals surface area contributed by atoms with Gasteiger partial charge in [-0.15, -0.1) is 0 Å². The minimum Gasteiger partial charge on any atom is -0.486 e. The third-order valence-electron chi connectivity index (χ3n) is 2.90. The summed E-state index contributed by atoms with van der Waals surface area (Å²) >= 11 is 0. The Morgan fingerprint density at radius 1 is 1.29 bits per heavy atom. The Kier molecular flexibility index (Phi) is 5.03. The van der Waals surface area contributed by atoms with E-state index in [1.165, 1.54) is 19.2 Å². The highest BCUT2D eigenvalue weighted by Crippen LogP contribution is 2.32. The molecule has 21 heavy (non-hydrogen) atoms. The van der Waals surface area contributed by atoms with Gasteiger partial charge in [0.15, 0.2) is 11.5 Å². The van der Waals surface area contributed by atoms with Gasteiger partial charge in [0, 0.05) is 19.0 Å². The van der Waals surface area contributed by atoms with Crippen LogP contribution >= 0.6 is 0 Å². The topological polar surface area (TPSA) is 90.9 Å². The maximum Gasteiger partial charge on any atom is 0.305 e. The molecule has 1 aromatic rings. The van der Waals surface area contributed by atoms with Crippen LogP contribution in [0.3, 0.4) is 0 Å². The highest BCUT2D eigenvalue weighted by atomic mass is 32.2. The lowest BCUT2D eigenvalue weighted by Gasteiger charge is -2.18. The summed E-state index contributed by atoms with van der Waals surface area (Å²) in [6.45, 7) is 1.000. The molecule has 0 radical (unpaired) electrons. The van der Waals surface area contributed by atoms with Gasteiger partial charge in [-0.3, -0.25) is 4.79 Å². The molecule has 1 aliphatic heterocycles. The summed E-state index contributed by atoms with van der Waals surface area (Å²) < 4.78 is 41.8. The van der Waals surface area contributed by atoms with Gasteiger partial charge in [-0.25, -0.2) is 13.1 Å². The van der Waals surface area contributed by atoms with Crippen molar-refractivity contribution in [3.63, 3.8) is 0 Å². The second-order valence-corrected chi connectivity index (χ2v) is 6.15. The van der Waals surface area contributed by atoms with Crippen LogP contribution in [0, 0.1) is 0 Å². The molecule has 0 unspecified atom stereocenters. The zero-order chi connectivity index (χ0) is 15.3. The predicted molar refractivity (Wildman–Crippen MR) is 73.9 cm³/mol. The van der Waals surface area contributed by atoms with Crippen LogP contribution in [-0.4, -0.2) is 41.3 Å². The fourth-order valence-corrected chi connectivity index (χ4v) is 2.90. The number of hydrogen-bond donors (Lipinski definition) is 1. The summed E-state index contributed by atoms with van der Waals surface area (Å²) in [5.41, 5.74) is 0. The molecule has 1 N–H and O–H groups in total. The average molecular weight is 315 g/mol. The fraction of sp³-hybridized carbons (Fsp3) is 0.462. The van der Waals surface area contributed by atoms with Gasteiger partial charge in [-0.05, 0) is 18.6 Å². The van der Waals surface area contributed by atoms with Gasteiger partial charge < -0.3 is 14.2 Å². The molecule has 0 bridgehead atoms. The van der Waals surface area contributed by atoms with Gasteiger partial charge in [0.25, 0.3) is 0 Å². The first kappa shape index (κ1) is 15.6. The van der Waals surface area contributed by atoms with Crippen LogP contribution in [0.5, 0.6) is 11.5 Å². The number of carbonyl (C=O) groups excluding carboxylic acids is 1. The van der Waals surface area contributed by atoms with Crippen molar-refractivity contribution in [3.05, 3.63) is 18.2 Å². The van der Waals surface area contributed by atoms with E-state index in [9.17, 15) is 13.2 Å². The van der Waals surface area contributed by atoms with Crippen LogP contribution in [-0.2, 0) is 19.6 Å². The summed E-state index contributed by atoms with van der Waals surface area (Å²) in [6, 6.07) is 4.45. The van der Waals surface area contributed by atoms with Gasteiger partial charge in [-0.2, -0.15) is 0 Å². The molecule has 0 saturated carbocycles. The molecule has 1 aliphatic rings. The zero-order valence-corrected chi connectivity index (χ0v) is 12.4. The van der Waals surface area contributed by atoms with Gasteiger partial charge in [0.2, 0.25) is 10.0 Å². The van der Waals surface area contributed by atoms with Crippen LogP contribution in [0.25, 0.3) is 0 Å². The Labute approximate surface area is 123 Å². The summed E-state index contributed by atoms with van der Waals surface area (Å²) in [7, 11) is -2.34. The number of ether oxygens (including phenoxy) is 3. The molecule has 1 aromatic carbocycles. The van der Waals surface area contributed by atoms with E-state index in [-0.39, 0.29) is 23.8 Å². The van der Waals surface area contributed by atoms with E-state index < -0.39 is 10.0 Å². The van der Waals surface area contributed by atoms with Crippen molar-refractivity contribution in [1.29, 1.82) is 0 Å². The lowest BCUT2D eigenvalue weighted by molar-refractivity contribution is -0.140. The first-order valence-electron chi connectivity index (χ1n) is 6.49. The molecular weight excluding hydrogens is 298 g/mol. The van der Waals surface area contributed by atoms with E-state index in [2.05, 4.69) is 9.46 Å². The number of sulfonamides is 1. The average Bonchev–Trinajstić information content (AvgIpc) is 2.50. The van der Waals surface area contributed by atoms with Crippen molar-refractivity contribution in [2.24, 2.45) is 0 Å². The largest absolute Gasteiger partial charge is 0.486 e. The Balaban J connectivity index is 1.97. The Hall–Kier alpha value is -1.80. The quantitative estimate of drug-likeness (QED) is 0.613. The smallest absolute Gasteiger partial charge is 0.305 e. The monoisotopic (exact) mass is 315 g/mol. The van der Waals surface area contributed by atoms with E-state index in [4.69, 9.17) is 9.47 Å². The summed E-state index contributed by atoms with van der Waals surface area (Å²) in [4.78, 5) is 11.0. The number of fused-ring (bicyclic) bond motifs is 1. The third kappa shape index (κ3) is 4.08. The van der Waals surface area contributed by atoms with Crippen LogP contribution in [0.15, 0.2) is 23.1 Å². The van der Waals surface area contributed by atoms with Crippen molar-refractivity contribution in [1.82, 2.24) is 4.72 Å². The van der Waals surface area contributed by atoms with Gasteiger partial charge in [-0.1, -0.05) is 0 Å². The van der Waals surface area contributed by atoms with Gasteiger partial charge >= 0.3 is 5.97 Å². The number of benzene rings is 1. The van der Waals surface area contributed by atoms with E-state index in [0.717, 1.165) is 0 Å². The highest BCUT2D eigenvalue weighted by molar-refractivity contribution is 7.89. The summed E-state index contributed by atoms with van der Waals surface area (Å²) in [6.07, 6.45) is 0.538. The van der Waals surface area contributed by atoms with E-state index in [1.54, 1.807) is 6.07 Å². The Morgan fingerprint density at radius 3 is 2.71 bits per heavy atom. The second kappa shape index (κ2) is 6.77. The molecule has 8 heteroatoms. The van der Waals surface area contributed by atoms with Crippen molar-refractivity contribution >= 4 is 16.0 Å². The molecule has 0 spiro atoms. The van der Waals surface area contributed by atoms with Crippen LogP contribution in [0.2, 0.25) is 0 Å². The SMILES string of the molecule is COC(=O)CCCNS(=O)(=O)c1ccc2c(c1)OCCO2. The molecule has 116 valence electrons. The molecule has 0 atom stereocenters. The number of nitrogens with one attached hydrogen (secondary N) is 1. The van der Waals surface area contributed by atoms with Crippen molar-refractivity contribution < 1.29 is 27.4 Å². The molecule has 0 aromatic heterocycles. The zero-order valence-electron chi connectivity index (χ0n) is 11.6. The molecule has 7 nitrogen and oxygen atoms in total. The van der Waals surface area contributed by atoms with Gasteiger partial charge in [0.05, 0.1) is 12.0 Å². The maximum absolute atomic E-state index is 12.1. The number of esters is 1. The molecule has 0 fully saturated rings. The Morgan fingerprint density at radius 2 is 2.00 bits per heavy atom. The number of carbonyl (C=O) groups is 1. The summed E-state index contributed by atoms with van der Waals surface area (Å²) in [5.74, 6) is 0.582. The van der Waals surface area contributed by atoms with Crippen molar-refractivity contribution in [2.45, 2.75) is 17.7 Å². The maximum atomic E-state index is 12.1.